The van der Waals surface area contributed by atoms with Crippen molar-refractivity contribution < 1.29 is 14.5 Å². The van der Waals surface area contributed by atoms with Gasteiger partial charge in [0.05, 0.1) is 11.0 Å². The summed E-state index contributed by atoms with van der Waals surface area (Å²) in [6.07, 6.45) is 4.72. The minimum atomic E-state index is -0.509. The van der Waals surface area contributed by atoms with Crippen molar-refractivity contribution in [3.8, 4) is 0 Å². The minimum Gasteiger partial charge on any atom is -0.444 e. The summed E-state index contributed by atoms with van der Waals surface area (Å²) in [5, 5.41) is 11.4. The van der Waals surface area contributed by atoms with Gasteiger partial charge in [-0.2, -0.15) is 0 Å². The summed E-state index contributed by atoms with van der Waals surface area (Å²) in [7, 11) is 0. The lowest BCUT2D eigenvalue weighted by atomic mass is 10.0. The highest BCUT2D eigenvalue weighted by atomic mass is 16.6. The molecule has 3 rings (SSSR count). The summed E-state index contributed by atoms with van der Waals surface area (Å²) in [5.74, 6) is 0.255. The fourth-order valence-electron chi connectivity index (χ4n) is 3.34. The molecule has 1 saturated carbocycles. The Bertz CT molecular complexity index is 788. The van der Waals surface area contributed by atoms with Crippen molar-refractivity contribution in [2.24, 2.45) is 4.99 Å². The number of nitro benzene ring substituents is 1. The van der Waals surface area contributed by atoms with E-state index in [1.165, 1.54) is 6.07 Å². The van der Waals surface area contributed by atoms with Crippen LogP contribution in [-0.4, -0.2) is 46.9 Å². The van der Waals surface area contributed by atoms with Crippen molar-refractivity contribution >= 4 is 23.7 Å². The van der Waals surface area contributed by atoms with Gasteiger partial charge in [-0.1, -0.05) is 0 Å². The normalized spacial score (nSPS) is 18.5. The number of nitrogen functional groups attached to an aromatic ring is 1. The van der Waals surface area contributed by atoms with Gasteiger partial charge in [0.15, 0.2) is 0 Å². The Hall–Kier alpha value is -2.64. The van der Waals surface area contributed by atoms with Crippen LogP contribution in [0.3, 0.4) is 0 Å². The van der Waals surface area contributed by atoms with Gasteiger partial charge in [-0.05, 0) is 58.4 Å². The molecule has 8 heteroatoms. The van der Waals surface area contributed by atoms with E-state index in [0.717, 1.165) is 31.2 Å². The van der Waals surface area contributed by atoms with E-state index < -0.39 is 5.60 Å². The zero-order valence-electron chi connectivity index (χ0n) is 16.7. The van der Waals surface area contributed by atoms with Crippen molar-refractivity contribution in [1.29, 1.82) is 0 Å². The number of aliphatic imine (C=N–C) groups is 1. The smallest absolute Gasteiger partial charge is 0.410 e. The number of carbonyl (C=O) groups excluding carboxylic acids is 1. The van der Waals surface area contributed by atoms with Gasteiger partial charge < -0.3 is 15.4 Å². The number of hydrogen-bond donors (Lipinski definition) is 1. The van der Waals surface area contributed by atoms with Crippen LogP contribution in [0.15, 0.2) is 17.1 Å². The topological polar surface area (TPSA) is 111 Å². The molecule has 28 heavy (non-hydrogen) atoms. The average molecular weight is 388 g/mol. The molecule has 1 heterocycles. The van der Waals surface area contributed by atoms with Crippen LogP contribution in [0.25, 0.3) is 0 Å². The average Bonchev–Trinajstić information content (AvgIpc) is 3.44. The summed E-state index contributed by atoms with van der Waals surface area (Å²) >= 11 is 0. The molecule has 1 aromatic carbocycles. The van der Waals surface area contributed by atoms with Crippen molar-refractivity contribution in [2.75, 3.05) is 18.8 Å². The second kappa shape index (κ2) is 7.77. The number of hydrogen-bond acceptors (Lipinski definition) is 6. The van der Waals surface area contributed by atoms with Crippen LogP contribution < -0.4 is 5.73 Å². The predicted octanol–water partition coefficient (Wildman–Crippen LogP) is 3.87. The first-order valence-corrected chi connectivity index (χ1v) is 9.73. The number of ether oxygens (including phenoxy) is 1. The quantitative estimate of drug-likeness (QED) is 0.364. The maximum absolute atomic E-state index is 12.1. The largest absolute Gasteiger partial charge is 0.444 e. The molecule has 0 bridgehead atoms. The van der Waals surface area contributed by atoms with Crippen molar-refractivity contribution in [1.82, 2.24) is 4.90 Å². The number of likely N-dealkylation sites (tertiary alicyclic amines) is 1. The molecule has 2 aliphatic rings. The van der Waals surface area contributed by atoms with Gasteiger partial charge in [0.2, 0.25) is 0 Å². The minimum absolute atomic E-state index is 0.0558. The summed E-state index contributed by atoms with van der Waals surface area (Å²) in [6.45, 7) is 6.69. The van der Waals surface area contributed by atoms with Gasteiger partial charge in [-0.3, -0.25) is 15.1 Å². The lowest BCUT2D eigenvalue weighted by Gasteiger charge is -2.32. The molecule has 2 fully saturated rings. The number of rotatable bonds is 4. The molecule has 1 aliphatic heterocycles. The van der Waals surface area contributed by atoms with Gasteiger partial charge in [0.1, 0.15) is 5.60 Å². The Labute approximate surface area is 164 Å². The van der Waals surface area contributed by atoms with Crippen LogP contribution in [0.5, 0.6) is 0 Å². The first-order valence-electron chi connectivity index (χ1n) is 9.73. The first kappa shape index (κ1) is 20.1. The van der Waals surface area contributed by atoms with E-state index in [1.807, 2.05) is 20.8 Å². The summed E-state index contributed by atoms with van der Waals surface area (Å²) in [6, 6.07) is 3.31. The molecule has 0 atom stereocenters. The monoisotopic (exact) mass is 388 g/mol. The Balaban J connectivity index is 1.63. The number of nitro groups is 1. The number of carbonyl (C=O) groups is 1. The van der Waals surface area contributed by atoms with Gasteiger partial charge in [-0.15, -0.1) is 0 Å². The van der Waals surface area contributed by atoms with E-state index in [4.69, 9.17) is 10.5 Å². The molecular formula is C20H28N4O4. The maximum Gasteiger partial charge on any atom is 0.410 e. The standard InChI is InChI=1S/C20H28N4O4/c1-20(2,3)28-19(25)23-8-6-15(7-9-23)22-12-14-10-18(24(26)27)16(11-17(14)21)13-4-5-13/h10-13,15H,4-9,21H2,1-3H3. The molecule has 0 unspecified atom stereocenters. The van der Waals surface area contributed by atoms with Gasteiger partial charge in [0, 0.05) is 42.2 Å². The van der Waals surface area contributed by atoms with E-state index >= 15 is 0 Å². The Morgan fingerprint density at radius 1 is 1.29 bits per heavy atom. The molecule has 0 spiro atoms. The highest BCUT2D eigenvalue weighted by Gasteiger charge is 2.31. The third-order valence-corrected chi connectivity index (χ3v) is 4.99. The molecule has 8 nitrogen and oxygen atoms in total. The molecule has 0 aromatic heterocycles. The lowest BCUT2D eigenvalue weighted by Crippen LogP contribution is -2.42. The molecule has 1 aliphatic carbocycles. The summed E-state index contributed by atoms with van der Waals surface area (Å²) < 4.78 is 5.40. The SMILES string of the molecule is CC(C)(C)OC(=O)N1CCC(N=Cc2cc([N+](=O)[O-])c(C3CC3)cc2N)CC1. The van der Waals surface area contributed by atoms with Crippen molar-refractivity contribution in [2.45, 2.75) is 64.0 Å². The number of piperidine rings is 1. The van der Waals surface area contributed by atoms with Crippen molar-refractivity contribution in [3.05, 3.63) is 33.4 Å². The van der Waals surface area contributed by atoms with Gasteiger partial charge in [-0.25, -0.2) is 4.79 Å². The number of anilines is 1. The number of amides is 1. The van der Waals surface area contributed by atoms with Gasteiger partial charge >= 0.3 is 6.09 Å². The predicted molar refractivity (Wildman–Crippen MR) is 108 cm³/mol. The number of nitrogens with two attached hydrogens (primary N) is 1. The zero-order chi connectivity index (χ0) is 20.5. The van der Waals surface area contributed by atoms with E-state index in [9.17, 15) is 14.9 Å². The molecule has 1 aromatic rings. The summed E-state index contributed by atoms with van der Waals surface area (Å²) in [4.78, 5) is 29.4. The third kappa shape index (κ3) is 4.99. The second-order valence-corrected chi connectivity index (χ2v) is 8.55. The van der Waals surface area contributed by atoms with Crippen LogP contribution in [0.4, 0.5) is 16.2 Å². The Kier molecular flexibility index (Phi) is 5.58. The van der Waals surface area contributed by atoms with E-state index in [-0.39, 0.29) is 28.7 Å². The van der Waals surface area contributed by atoms with Crippen LogP contribution in [0.2, 0.25) is 0 Å². The van der Waals surface area contributed by atoms with Crippen LogP contribution in [0, 0.1) is 10.1 Å². The van der Waals surface area contributed by atoms with Crippen LogP contribution >= 0.6 is 0 Å². The highest BCUT2D eigenvalue weighted by Crippen LogP contribution is 2.45. The van der Waals surface area contributed by atoms with E-state index in [1.54, 1.807) is 17.2 Å². The molecule has 2 N–H and O–H groups in total. The lowest BCUT2D eigenvalue weighted by molar-refractivity contribution is -0.385. The van der Waals surface area contributed by atoms with Crippen LogP contribution in [0.1, 0.15) is 63.5 Å². The van der Waals surface area contributed by atoms with E-state index in [2.05, 4.69) is 4.99 Å². The van der Waals surface area contributed by atoms with E-state index in [0.29, 0.717) is 24.3 Å². The maximum atomic E-state index is 12.1. The van der Waals surface area contributed by atoms with Crippen molar-refractivity contribution in [3.63, 3.8) is 0 Å². The highest BCUT2D eigenvalue weighted by molar-refractivity contribution is 5.88. The zero-order valence-corrected chi connectivity index (χ0v) is 16.7. The second-order valence-electron chi connectivity index (χ2n) is 8.55. The van der Waals surface area contributed by atoms with Gasteiger partial charge in [0.25, 0.3) is 5.69 Å². The Morgan fingerprint density at radius 3 is 2.46 bits per heavy atom. The first-order chi connectivity index (χ1) is 13.1. The number of nitrogens with zero attached hydrogens (tertiary/aromatic N) is 3. The molecular weight excluding hydrogens is 360 g/mol. The fraction of sp³-hybridized carbons (Fsp3) is 0.600. The van der Waals surface area contributed by atoms with Crippen LogP contribution in [-0.2, 0) is 4.74 Å². The molecule has 1 amide bonds. The molecule has 1 saturated heterocycles. The molecule has 152 valence electrons. The Morgan fingerprint density at radius 2 is 1.93 bits per heavy atom. The number of benzene rings is 1. The summed E-state index contributed by atoms with van der Waals surface area (Å²) in [5.41, 5.74) is 7.54. The third-order valence-electron chi connectivity index (χ3n) is 4.99. The molecule has 0 radical (unpaired) electrons. The fourth-order valence-corrected chi connectivity index (χ4v) is 3.34.